The number of nitrogens with one attached hydrogen (secondary N) is 2. The monoisotopic (exact) mass is 406 g/mol. The second kappa shape index (κ2) is 11.1. The molecule has 1 aliphatic heterocycles. The van der Waals surface area contributed by atoms with Gasteiger partial charge in [-0.15, -0.1) is 0 Å². The maximum atomic E-state index is 5.52. The van der Waals surface area contributed by atoms with Crippen LogP contribution < -0.4 is 24.8 Å². The van der Waals surface area contributed by atoms with Crippen LogP contribution in [-0.4, -0.2) is 63.9 Å². The molecule has 0 radical (unpaired) electrons. The quantitative estimate of drug-likeness (QED) is 0.485. The lowest BCUT2D eigenvalue weighted by Gasteiger charge is -2.41. The van der Waals surface area contributed by atoms with Gasteiger partial charge in [0.15, 0.2) is 17.5 Å². The van der Waals surface area contributed by atoms with E-state index < -0.39 is 0 Å². The van der Waals surface area contributed by atoms with E-state index in [4.69, 9.17) is 19.2 Å². The number of benzene rings is 1. The molecule has 0 bridgehead atoms. The summed E-state index contributed by atoms with van der Waals surface area (Å²) in [6.07, 6.45) is 3.92. The Bertz CT molecular complexity index is 670. The predicted molar refractivity (Wildman–Crippen MR) is 118 cm³/mol. The molecule has 0 unspecified atom stereocenters. The molecular formula is C22H38N4O3. The van der Waals surface area contributed by atoms with Gasteiger partial charge in [0, 0.05) is 30.3 Å². The number of hydrogen-bond acceptors (Lipinski definition) is 5. The molecule has 0 atom stereocenters. The van der Waals surface area contributed by atoms with Crippen LogP contribution in [-0.2, 0) is 6.54 Å². The molecule has 0 amide bonds. The molecule has 0 aromatic heterocycles. The smallest absolute Gasteiger partial charge is 0.191 e. The molecule has 1 fully saturated rings. The fraction of sp³-hybridized carbons (Fsp3) is 0.682. The Balaban J connectivity index is 2.10. The van der Waals surface area contributed by atoms with Crippen molar-refractivity contribution < 1.29 is 14.2 Å². The lowest BCUT2D eigenvalue weighted by molar-refractivity contribution is 0.0982. The van der Waals surface area contributed by atoms with Gasteiger partial charge >= 0.3 is 0 Å². The van der Waals surface area contributed by atoms with Crippen molar-refractivity contribution in [1.29, 1.82) is 0 Å². The summed E-state index contributed by atoms with van der Waals surface area (Å²) >= 11 is 0. The lowest BCUT2D eigenvalue weighted by Crippen LogP contribution is -2.54. The van der Waals surface area contributed by atoms with E-state index in [1.165, 1.54) is 32.4 Å². The highest BCUT2D eigenvalue weighted by Gasteiger charge is 2.27. The first-order valence-corrected chi connectivity index (χ1v) is 10.5. The molecule has 0 spiro atoms. The maximum absolute atomic E-state index is 5.52. The third-order valence-corrected chi connectivity index (χ3v) is 5.44. The predicted octanol–water partition coefficient (Wildman–Crippen LogP) is 3.03. The third-order valence-electron chi connectivity index (χ3n) is 5.44. The summed E-state index contributed by atoms with van der Waals surface area (Å²) in [6.45, 7) is 11.1. The van der Waals surface area contributed by atoms with Crippen molar-refractivity contribution in [1.82, 2.24) is 15.5 Å². The van der Waals surface area contributed by atoms with Crippen molar-refractivity contribution in [3.63, 3.8) is 0 Å². The highest BCUT2D eigenvalue weighted by molar-refractivity contribution is 5.79. The number of guanidine groups is 1. The van der Waals surface area contributed by atoms with Crippen LogP contribution in [0.4, 0.5) is 0 Å². The van der Waals surface area contributed by atoms with Gasteiger partial charge in [-0.1, -0.05) is 6.42 Å². The second-order valence-corrected chi connectivity index (χ2v) is 7.93. The lowest BCUT2D eigenvalue weighted by atomic mass is 9.98. The van der Waals surface area contributed by atoms with Gasteiger partial charge in [0.2, 0.25) is 0 Å². The van der Waals surface area contributed by atoms with E-state index in [0.29, 0.717) is 18.0 Å². The molecule has 1 saturated heterocycles. The number of likely N-dealkylation sites (tertiary alicyclic amines) is 1. The molecule has 29 heavy (non-hydrogen) atoms. The van der Waals surface area contributed by atoms with Crippen molar-refractivity contribution in [3.05, 3.63) is 17.7 Å². The minimum atomic E-state index is 0.0810. The van der Waals surface area contributed by atoms with Gasteiger partial charge in [0.05, 0.1) is 27.9 Å². The van der Waals surface area contributed by atoms with Crippen molar-refractivity contribution >= 4 is 5.96 Å². The van der Waals surface area contributed by atoms with Crippen molar-refractivity contribution in [2.75, 3.05) is 47.5 Å². The summed E-state index contributed by atoms with van der Waals surface area (Å²) in [7, 11) is 4.90. The van der Waals surface area contributed by atoms with Crippen molar-refractivity contribution in [3.8, 4) is 17.2 Å². The SMILES string of the molecule is CCNC(=NCc1cc(OC)c(OC)cc1OC)NCC(C)(C)N1CCCCC1. The second-order valence-electron chi connectivity index (χ2n) is 7.93. The molecule has 2 N–H and O–H groups in total. The highest BCUT2D eigenvalue weighted by atomic mass is 16.5. The number of ether oxygens (including phenoxy) is 3. The van der Waals surface area contributed by atoms with E-state index in [0.717, 1.165) is 30.4 Å². The van der Waals surface area contributed by atoms with E-state index in [1.54, 1.807) is 21.3 Å². The summed E-state index contributed by atoms with van der Waals surface area (Å²) in [6, 6.07) is 3.76. The van der Waals surface area contributed by atoms with Crippen LogP contribution in [0.25, 0.3) is 0 Å². The normalized spacial score (nSPS) is 15.7. The Labute approximate surface area is 175 Å². The average Bonchev–Trinajstić information content (AvgIpc) is 2.75. The molecule has 7 heteroatoms. The largest absolute Gasteiger partial charge is 0.496 e. The average molecular weight is 407 g/mol. The van der Waals surface area contributed by atoms with E-state index >= 15 is 0 Å². The Morgan fingerprint density at radius 1 is 0.966 bits per heavy atom. The minimum absolute atomic E-state index is 0.0810. The van der Waals surface area contributed by atoms with Gasteiger partial charge in [-0.3, -0.25) is 4.90 Å². The van der Waals surface area contributed by atoms with Crippen LogP contribution in [0.3, 0.4) is 0 Å². The molecule has 1 heterocycles. The van der Waals surface area contributed by atoms with Crippen LogP contribution in [0.1, 0.15) is 45.6 Å². The van der Waals surface area contributed by atoms with Gasteiger partial charge < -0.3 is 24.8 Å². The van der Waals surface area contributed by atoms with Crippen molar-refractivity contribution in [2.24, 2.45) is 4.99 Å². The van der Waals surface area contributed by atoms with E-state index in [-0.39, 0.29) is 5.54 Å². The zero-order valence-electron chi connectivity index (χ0n) is 18.9. The van der Waals surface area contributed by atoms with Crippen LogP contribution >= 0.6 is 0 Å². The van der Waals surface area contributed by atoms with Crippen LogP contribution in [0, 0.1) is 0 Å². The number of piperidine rings is 1. The highest BCUT2D eigenvalue weighted by Crippen LogP contribution is 2.34. The summed E-state index contributed by atoms with van der Waals surface area (Å²) in [5.74, 6) is 2.85. The molecular weight excluding hydrogens is 368 g/mol. The number of aliphatic imine (C=N–C) groups is 1. The van der Waals surface area contributed by atoms with Gasteiger partial charge in [-0.2, -0.15) is 0 Å². The first kappa shape index (κ1) is 23.1. The molecule has 7 nitrogen and oxygen atoms in total. The summed E-state index contributed by atoms with van der Waals surface area (Å²) in [5, 5.41) is 6.86. The molecule has 0 aliphatic carbocycles. The summed E-state index contributed by atoms with van der Waals surface area (Å²) < 4.78 is 16.3. The maximum Gasteiger partial charge on any atom is 0.191 e. The number of hydrogen-bond donors (Lipinski definition) is 2. The van der Waals surface area contributed by atoms with Crippen LogP contribution in [0.5, 0.6) is 17.2 Å². The van der Waals surface area contributed by atoms with Crippen molar-refractivity contribution in [2.45, 2.75) is 52.1 Å². The van der Waals surface area contributed by atoms with E-state index in [1.807, 2.05) is 12.1 Å². The zero-order valence-corrected chi connectivity index (χ0v) is 18.9. The fourth-order valence-electron chi connectivity index (χ4n) is 3.63. The summed E-state index contributed by atoms with van der Waals surface area (Å²) in [5.41, 5.74) is 1.02. The first-order valence-electron chi connectivity index (χ1n) is 10.5. The third kappa shape index (κ3) is 6.42. The van der Waals surface area contributed by atoms with Gasteiger partial charge in [0.1, 0.15) is 5.75 Å². The standard InChI is InChI=1S/C22H38N4O3/c1-7-23-21(25-16-22(2,3)26-11-9-8-10-12-26)24-15-17-13-19(28-5)20(29-6)14-18(17)27-4/h13-14H,7-12,15-16H2,1-6H3,(H2,23,24,25). The van der Waals surface area contributed by atoms with Gasteiger partial charge in [-0.25, -0.2) is 4.99 Å². The minimum Gasteiger partial charge on any atom is -0.496 e. The fourth-order valence-corrected chi connectivity index (χ4v) is 3.63. The number of methoxy groups -OCH3 is 3. The topological polar surface area (TPSA) is 67.4 Å². The van der Waals surface area contributed by atoms with Gasteiger partial charge in [-0.05, 0) is 52.8 Å². The van der Waals surface area contributed by atoms with E-state index in [2.05, 4.69) is 36.3 Å². The molecule has 0 saturated carbocycles. The Morgan fingerprint density at radius 3 is 2.17 bits per heavy atom. The summed E-state index contributed by atoms with van der Waals surface area (Å²) in [4.78, 5) is 7.34. The van der Waals surface area contributed by atoms with Crippen LogP contribution in [0.15, 0.2) is 17.1 Å². The number of nitrogens with zero attached hydrogens (tertiary/aromatic N) is 2. The van der Waals surface area contributed by atoms with Crippen LogP contribution in [0.2, 0.25) is 0 Å². The first-order chi connectivity index (χ1) is 13.9. The Morgan fingerprint density at radius 2 is 1.59 bits per heavy atom. The van der Waals surface area contributed by atoms with Gasteiger partial charge in [0.25, 0.3) is 0 Å². The van der Waals surface area contributed by atoms with E-state index in [9.17, 15) is 0 Å². The molecule has 1 aromatic carbocycles. The Hall–Kier alpha value is -2.15. The zero-order chi connectivity index (χ0) is 21.3. The molecule has 1 aromatic rings. The molecule has 164 valence electrons. The number of rotatable bonds is 9. The molecule has 1 aliphatic rings. The Kier molecular flexibility index (Phi) is 8.89. The molecule has 2 rings (SSSR count).